The van der Waals surface area contributed by atoms with Gasteiger partial charge in [0.05, 0.1) is 25.0 Å². The van der Waals surface area contributed by atoms with Gasteiger partial charge in [-0.3, -0.25) is 0 Å². The molecule has 19 heavy (non-hydrogen) atoms. The van der Waals surface area contributed by atoms with Gasteiger partial charge in [0.2, 0.25) is 0 Å². The maximum Gasteiger partial charge on any atom is 0.181 e. The van der Waals surface area contributed by atoms with E-state index in [0.717, 1.165) is 22.4 Å². The smallest absolute Gasteiger partial charge is 0.181 e. The van der Waals surface area contributed by atoms with Crippen LogP contribution in [0.25, 0.3) is 10.2 Å². The van der Waals surface area contributed by atoms with Gasteiger partial charge in [0, 0.05) is 5.92 Å². The summed E-state index contributed by atoms with van der Waals surface area (Å²) in [6.45, 7) is 1.76. The van der Waals surface area contributed by atoms with Crippen LogP contribution in [0.2, 0.25) is 0 Å². The van der Waals surface area contributed by atoms with Crippen molar-refractivity contribution in [3.05, 3.63) is 17.7 Å². The zero-order valence-electron chi connectivity index (χ0n) is 10.7. The number of methoxy groups -OCH3 is 1. The molecule has 1 fully saturated rings. The summed E-state index contributed by atoms with van der Waals surface area (Å²) in [6, 6.07) is 4.03. The Balaban J connectivity index is 2.07. The molecule has 1 unspecified atom stereocenters. The number of hydrogen-bond acceptors (Lipinski definition) is 6. The number of anilines is 1. The molecular weight excluding hydrogens is 264 g/mol. The van der Waals surface area contributed by atoms with E-state index in [0.29, 0.717) is 31.1 Å². The third-order valence-electron chi connectivity index (χ3n) is 3.31. The maximum absolute atomic E-state index is 5.84. The molecule has 1 aromatic carbocycles. The molecule has 2 N–H and O–H groups in total. The van der Waals surface area contributed by atoms with Gasteiger partial charge in [-0.1, -0.05) is 17.4 Å². The van der Waals surface area contributed by atoms with Crippen molar-refractivity contribution in [2.45, 2.75) is 12.3 Å². The number of nitrogens with two attached hydrogens (primary N) is 1. The molecule has 6 heteroatoms. The van der Waals surface area contributed by atoms with Crippen molar-refractivity contribution in [2.75, 3.05) is 32.9 Å². The Morgan fingerprint density at radius 2 is 2.32 bits per heavy atom. The number of benzene rings is 1. The molecule has 3 rings (SSSR count). The summed E-state index contributed by atoms with van der Waals surface area (Å²) >= 11 is 1.50. The van der Waals surface area contributed by atoms with E-state index in [1.165, 1.54) is 16.9 Å². The monoisotopic (exact) mass is 280 g/mol. The number of thiazole rings is 1. The largest absolute Gasteiger partial charge is 0.494 e. The number of hydrogen-bond donors (Lipinski definition) is 1. The predicted octanol–water partition coefficient (Wildman–Crippen LogP) is 2.37. The Morgan fingerprint density at radius 1 is 1.42 bits per heavy atom. The molecule has 102 valence electrons. The number of nitrogen functional groups attached to an aromatic ring is 1. The molecule has 0 amide bonds. The summed E-state index contributed by atoms with van der Waals surface area (Å²) < 4.78 is 17.2. The molecule has 0 aliphatic carbocycles. The van der Waals surface area contributed by atoms with Gasteiger partial charge in [-0.25, -0.2) is 4.98 Å². The van der Waals surface area contributed by atoms with E-state index < -0.39 is 0 Å². The second kappa shape index (κ2) is 5.32. The van der Waals surface area contributed by atoms with E-state index >= 15 is 0 Å². The van der Waals surface area contributed by atoms with E-state index in [-0.39, 0.29) is 0 Å². The first-order valence-corrected chi connectivity index (χ1v) is 6.99. The number of nitrogens with zero attached hydrogens (tertiary/aromatic N) is 1. The van der Waals surface area contributed by atoms with E-state index in [1.807, 2.05) is 6.07 Å². The fourth-order valence-corrected chi connectivity index (χ4v) is 3.31. The van der Waals surface area contributed by atoms with Gasteiger partial charge in [-0.15, -0.1) is 0 Å². The molecule has 1 saturated heterocycles. The molecule has 1 aliphatic heterocycles. The Labute approximate surface area is 115 Å². The van der Waals surface area contributed by atoms with E-state index in [9.17, 15) is 0 Å². The second-order valence-electron chi connectivity index (χ2n) is 4.47. The van der Waals surface area contributed by atoms with E-state index in [1.54, 1.807) is 7.11 Å². The minimum absolute atomic E-state index is 0.316. The van der Waals surface area contributed by atoms with Crippen LogP contribution in [0.5, 0.6) is 5.75 Å². The Hall–Kier alpha value is -1.37. The van der Waals surface area contributed by atoms with E-state index in [4.69, 9.17) is 19.9 Å². The SMILES string of the molecule is COc1ccc(C2CCOCOC2)c2sc(N)nc12. The number of aromatic nitrogens is 1. The average Bonchev–Trinajstić information content (AvgIpc) is 2.64. The van der Waals surface area contributed by atoms with Crippen molar-refractivity contribution < 1.29 is 14.2 Å². The highest BCUT2D eigenvalue weighted by Crippen LogP contribution is 2.38. The first-order chi connectivity index (χ1) is 9.29. The summed E-state index contributed by atoms with van der Waals surface area (Å²) in [4.78, 5) is 4.36. The third-order valence-corrected chi connectivity index (χ3v) is 4.24. The zero-order valence-corrected chi connectivity index (χ0v) is 11.5. The second-order valence-corrected chi connectivity index (χ2v) is 5.50. The van der Waals surface area contributed by atoms with Crippen LogP contribution in [-0.2, 0) is 9.47 Å². The molecule has 0 radical (unpaired) electrons. The first kappa shape index (κ1) is 12.7. The van der Waals surface area contributed by atoms with Gasteiger partial charge < -0.3 is 19.9 Å². The van der Waals surface area contributed by atoms with Crippen LogP contribution in [0.1, 0.15) is 17.9 Å². The fourth-order valence-electron chi connectivity index (χ4n) is 2.37. The highest BCUT2D eigenvalue weighted by atomic mass is 32.1. The van der Waals surface area contributed by atoms with Gasteiger partial charge in [-0.2, -0.15) is 0 Å². The minimum Gasteiger partial charge on any atom is -0.494 e. The lowest BCUT2D eigenvalue weighted by atomic mass is 9.96. The molecule has 1 aliphatic rings. The fraction of sp³-hybridized carbons (Fsp3) is 0.462. The predicted molar refractivity (Wildman–Crippen MR) is 74.7 cm³/mol. The van der Waals surface area contributed by atoms with Gasteiger partial charge in [-0.05, 0) is 18.1 Å². The van der Waals surface area contributed by atoms with Gasteiger partial charge in [0.25, 0.3) is 0 Å². The van der Waals surface area contributed by atoms with Crippen molar-refractivity contribution in [3.8, 4) is 5.75 Å². The Morgan fingerprint density at radius 3 is 3.16 bits per heavy atom. The summed E-state index contributed by atoms with van der Waals surface area (Å²) in [5.74, 6) is 1.08. The van der Waals surface area contributed by atoms with Crippen molar-refractivity contribution in [2.24, 2.45) is 0 Å². The zero-order chi connectivity index (χ0) is 13.2. The van der Waals surface area contributed by atoms with Crippen LogP contribution in [0.4, 0.5) is 5.13 Å². The molecule has 2 heterocycles. The molecule has 5 nitrogen and oxygen atoms in total. The number of ether oxygens (including phenoxy) is 3. The molecule has 0 spiro atoms. The molecule has 1 aromatic heterocycles. The van der Waals surface area contributed by atoms with Crippen molar-refractivity contribution >= 4 is 26.7 Å². The lowest BCUT2D eigenvalue weighted by Gasteiger charge is -2.14. The molecule has 0 saturated carbocycles. The lowest BCUT2D eigenvalue weighted by Crippen LogP contribution is -2.06. The highest BCUT2D eigenvalue weighted by molar-refractivity contribution is 7.22. The number of fused-ring (bicyclic) bond motifs is 1. The van der Waals surface area contributed by atoms with Gasteiger partial charge in [0.15, 0.2) is 5.13 Å². The normalized spacial score (nSPS) is 20.4. The van der Waals surface area contributed by atoms with Crippen molar-refractivity contribution in [1.29, 1.82) is 0 Å². The van der Waals surface area contributed by atoms with Crippen LogP contribution < -0.4 is 10.5 Å². The van der Waals surface area contributed by atoms with E-state index in [2.05, 4.69) is 11.1 Å². The topological polar surface area (TPSA) is 66.6 Å². The average molecular weight is 280 g/mol. The molecule has 2 aromatic rings. The summed E-state index contributed by atoms with van der Waals surface area (Å²) in [5, 5.41) is 0.562. The Kier molecular flexibility index (Phi) is 3.54. The highest BCUT2D eigenvalue weighted by Gasteiger charge is 2.20. The quantitative estimate of drug-likeness (QED) is 0.914. The first-order valence-electron chi connectivity index (χ1n) is 6.18. The maximum atomic E-state index is 5.84. The number of rotatable bonds is 2. The lowest BCUT2D eigenvalue weighted by molar-refractivity contribution is -0.0330. The third kappa shape index (κ3) is 2.39. The van der Waals surface area contributed by atoms with Crippen LogP contribution >= 0.6 is 11.3 Å². The molecular formula is C13H16N2O3S. The van der Waals surface area contributed by atoms with Gasteiger partial charge in [0.1, 0.15) is 18.1 Å². The van der Waals surface area contributed by atoms with Crippen molar-refractivity contribution in [1.82, 2.24) is 4.98 Å². The standard InChI is InChI=1S/C13H16N2O3S/c1-16-10-3-2-9(8-4-5-17-7-18-6-8)12-11(10)15-13(14)19-12/h2-3,8H,4-7H2,1H3,(H2,14,15). The Bertz CT molecular complexity index is 577. The summed E-state index contributed by atoms with van der Waals surface area (Å²) in [7, 11) is 1.65. The minimum atomic E-state index is 0.316. The molecule has 0 bridgehead atoms. The van der Waals surface area contributed by atoms with Crippen LogP contribution in [0, 0.1) is 0 Å². The van der Waals surface area contributed by atoms with Gasteiger partial charge >= 0.3 is 0 Å². The molecule has 1 atom stereocenters. The van der Waals surface area contributed by atoms with Crippen molar-refractivity contribution in [3.63, 3.8) is 0 Å². The van der Waals surface area contributed by atoms with Crippen LogP contribution in [0.15, 0.2) is 12.1 Å². The summed E-state index contributed by atoms with van der Waals surface area (Å²) in [5.41, 5.74) is 7.90. The van der Waals surface area contributed by atoms with Crippen LogP contribution in [0.3, 0.4) is 0 Å². The summed E-state index contributed by atoms with van der Waals surface area (Å²) in [6.07, 6.45) is 0.944. The van der Waals surface area contributed by atoms with Crippen LogP contribution in [-0.4, -0.2) is 32.1 Å².